The summed E-state index contributed by atoms with van der Waals surface area (Å²) in [6.07, 6.45) is 1.85. The van der Waals surface area contributed by atoms with Crippen LogP contribution in [-0.4, -0.2) is 25.7 Å². The van der Waals surface area contributed by atoms with E-state index < -0.39 is 0 Å². The lowest BCUT2D eigenvalue weighted by Gasteiger charge is -2.31. The maximum Gasteiger partial charge on any atom is 0.272 e. The summed E-state index contributed by atoms with van der Waals surface area (Å²) in [7, 11) is 1.70. The smallest absolute Gasteiger partial charge is 0.272 e. The first kappa shape index (κ1) is 16.4. The van der Waals surface area contributed by atoms with Crippen LogP contribution in [0.1, 0.15) is 23.4 Å². The van der Waals surface area contributed by atoms with Gasteiger partial charge in [0.15, 0.2) is 5.82 Å². The number of aryl methyl sites for hydroxylation is 3. The van der Waals surface area contributed by atoms with E-state index in [1.807, 2.05) is 27.7 Å². The summed E-state index contributed by atoms with van der Waals surface area (Å²) in [5.74, 6) is 1.02. The maximum absolute atomic E-state index is 14.7. The van der Waals surface area contributed by atoms with Crippen molar-refractivity contribution >= 4 is 33.0 Å². The van der Waals surface area contributed by atoms with E-state index in [1.54, 1.807) is 13.1 Å². The van der Waals surface area contributed by atoms with Gasteiger partial charge in [0, 0.05) is 13.6 Å². The molecule has 3 aromatic heterocycles. The average molecular weight is 383 g/mol. The highest BCUT2D eigenvalue weighted by molar-refractivity contribution is 7.17. The standard InChI is InChI=1S/C19H18FN5OS/c1-11-8-12-4-3-6-24(16(12)13(20)9-11)10-15-21-22-19-23(2)18(26)17-14(25(15)19)5-7-27-17/h5,7-9H,3-4,6,10H2,1-2H3. The summed E-state index contributed by atoms with van der Waals surface area (Å²) in [6.45, 7) is 3.12. The molecule has 0 fully saturated rings. The molecule has 0 unspecified atom stereocenters. The highest BCUT2D eigenvalue weighted by Gasteiger charge is 2.24. The predicted octanol–water partition coefficient (Wildman–Crippen LogP) is 3.04. The van der Waals surface area contributed by atoms with Crippen molar-refractivity contribution < 1.29 is 4.39 Å². The van der Waals surface area contributed by atoms with E-state index in [9.17, 15) is 9.18 Å². The van der Waals surface area contributed by atoms with Crippen molar-refractivity contribution in [3.8, 4) is 0 Å². The van der Waals surface area contributed by atoms with Gasteiger partial charge in [-0.05, 0) is 48.4 Å². The van der Waals surface area contributed by atoms with Crippen molar-refractivity contribution in [3.05, 3.63) is 56.7 Å². The fourth-order valence-electron chi connectivity index (χ4n) is 4.01. The van der Waals surface area contributed by atoms with Gasteiger partial charge in [-0.3, -0.25) is 13.8 Å². The molecule has 0 N–H and O–H groups in total. The molecule has 0 bridgehead atoms. The van der Waals surface area contributed by atoms with Gasteiger partial charge in [-0.25, -0.2) is 4.39 Å². The summed E-state index contributed by atoms with van der Waals surface area (Å²) in [4.78, 5) is 14.5. The lowest BCUT2D eigenvalue weighted by atomic mass is 9.99. The van der Waals surface area contributed by atoms with Gasteiger partial charge in [0.25, 0.3) is 5.56 Å². The van der Waals surface area contributed by atoms with Gasteiger partial charge in [0.2, 0.25) is 5.78 Å². The summed E-state index contributed by atoms with van der Waals surface area (Å²) in [5.41, 5.74) is 3.38. The third kappa shape index (κ3) is 2.39. The minimum atomic E-state index is -0.188. The van der Waals surface area contributed by atoms with E-state index in [1.165, 1.54) is 15.9 Å². The van der Waals surface area contributed by atoms with Crippen LogP contribution in [0.15, 0.2) is 28.4 Å². The highest BCUT2D eigenvalue weighted by Crippen LogP contribution is 2.32. The van der Waals surface area contributed by atoms with Crippen LogP contribution in [0.3, 0.4) is 0 Å². The summed E-state index contributed by atoms with van der Waals surface area (Å²) < 4.78 is 18.8. The molecule has 0 aliphatic carbocycles. The van der Waals surface area contributed by atoms with Gasteiger partial charge in [-0.15, -0.1) is 21.5 Å². The number of thiophene rings is 1. The lowest BCUT2D eigenvalue weighted by molar-refractivity contribution is 0.589. The molecule has 0 saturated carbocycles. The average Bonchev–Trinajstić information content (AvgIpc) is 3.26. The van der Waals surface area contributed by atoms with Gasteiger partial charge in [-0.1, -0.05) is 6.07 Å². The molecule has 27 heavy (non-hydrogen) atoms. The number of nitrogens with zero attached hydrogens (tertiary/aromatic N) is 5. The summed E-state index contributed by atoms with van der Waals surface area (Å²) in [5, 5.41) is 10.5. The number of fused-ring (bicyclic) bond motifs is 4. The predicted molar refractivity (Wildman–Crippen MR) is 104 cm³/mol. The third-order valence-electron chi connectivity index (χ3n) is 5.21. The topological polar surface area (TPSA) is 55.4 Å². The van der Waals surface area contributed by atoms with E-state index >= 15 is 0 Å². The molecular formula is C19H18FN5OS. The van der Waals surface area contributed by atoms with Gasteiger partial charge in [-0.2, -0.15) is 0 Å². The second kappa shape index (κ2) is 5.88. The van der Waals surface area contributed by atoms with Crippen LogP contribution in [-0.2, 0) is 20.0 Å². The molecule has 1 aliphatic rings. The first-order valence-electron chi connectivity index (χ1n) is 8.89. The number of hydrogen-bond donors (Lipinski definition) is 0. The molecule has 8 heteroatoms. The number of halogens is 1. The maximum atomic E-state index is 14.7. The molecule has 138 valence electrons. The number of rotatable bonds is 2. The molecule has 4 heterocycles. The molecule has 0 atom stereocenters. The Morgan fingerprint density at radius 3 is 3.00 bits per heavy atom. The Hall–Kier alpha value is -2.74. The first-order chi connectivity index (χ1) is 13.0. The molecule has 1 aromatic carbocycles. The number of benzene rings is 1. The van der Waals surface area contributed by atoms with Crippen molar-refractivity contribution in [3.63, 3.8) is 0 Å². The normalized spacial score (nSPS) is 14.3. The minimum Gasteiger partial charge on any atom is -0.361 e. The number of hydrogen-bond acceptors (Lipinski definition) is 5. The van der Waals surface area contributed by atoms with Crippen LogP contribution in [0.2, 0.25) is 0 Å². The molecule has 6 nitrogen and oxygen atoms in total. The van der Waals surface area contributed by atoms with Gasteiger partial charge >= 0.3 is 0 Å². The number of anilines is 1. The zero-order valence-corrected chi connectivity index (χ0v) is 15.9. The van der Waals surface area contributed by atoms with Crippen LogP contribution in [0.5, 0.6) is 0 Å². The Bertz CT molecular complexity index is 1250. The molecule has 0 amide bonds. The SMILES string of the molecule is Cc1cc(F)c2c(c1)CCCN2Cc1nnc2n(C)c(=O)c3sccc3n12. The van der Waals surface area contributed by atoms with Crippen LogP contribution >= 0.6 is 11.3 Å². The fourth-order valence-corrected chi connectivity index (χ4v) is 4.86. The van der Waals surface area contributed by atoms with Crippen LogP contribution in [0.25, 0.3) is 16.0 Å². The quantitative estimate of drug-likeness (QED) is 0.534. The molecular weight excluding hydrogens is 365 g/mol. The Kier molecular flexibility index (Phi) is 3.58. The Balaban J connectivity index is 1.67. The minimum absolute atomic E-state index is 0.0729. The number of aromatic nitrogens is 4. The monoisotopic (exact) mass is 383 g/mol. The second-order valence-electron chi connectivity index (χ2n) is 7.03. The molecule has 0 radical (unpaired) electrons. The molecule has 4 aromatic rings. The molecule has 5 rings (SSSR count). The van der Waals surface area contributed by atoms with Crippen molar-refractivity contribution in [2.75, 3.05) is 11.4 Å². The zero-order chi connectivity index (χ0) is 18.7. The Morgan fingerprint density at radius 2 is 2.15 bits per heavy atom. The van der Waals surface area contributed by atoms with Crippen LogP contribution in [0.4, 0.5) is 10.1 Å². The second-order valence-corrected chi connectivity index (χ2v) is 7.95. The van der Waals surface area contributed by atoms with Crippen molar-refractivity contribution in [1.29, 1.82) is 0 Å². The van der Waals surface area contributed by atoms with E-state index in [-0.39, 0.29) is 11.4 Å². The van der Waals surface area contributed by atoms with Gasteiger partial charge in [0.05, 0.1) is 17.7 Å². The zero-order valence-electron chi connectivity index (χ0n) is 15.1. The third-order valence-corrected chi connectivity index (χ3v) is 6.10. The summed E-state index contributed by atoms with van der Waals surface area (Å²) >= 11 is 1.41. The Labute approximate surface area is 158 Å². The summed E-state index contributed by atoms with van der Waals surface area (Å²) in [6, 6.07) is 5.56. The molecule has 0 spiro atoms. The van der Waals surface area contributed by atoms with Crippen LogP contribution in [0, 0.1) is 12.7 Å². The van der Waals surface area contributed by atoms with Crippen molar-refractivity contribution in [2.24, 2.45) is 7.05 Å². The van der Waals surface area contributed by atoms with Crippen molar-refractivity contribution in [1.82, 2.24) is 19.2 Å². The van der Waals surface area contributed by atoms with Crippen molar-refractivity contribution in [2.45, 2.75) is 26.3 Å². The van der Waals surface area contributed by atoms with Crippen LogP contribution < -0.4 is 10.5 Å². The fraction of sp³-hybridized carbons (Fsp3) is 0.316. The van der Waals surface area contributed by atoms with Gasteiger partial charge in [0.1, 0.15) is 10.5 Å². The highest BCUT2D eigenvalue weighted by atomic mass is 32.1. The Morgan fingerprint density at radius 1 is 1.30 bits per heavy atom. The largest absolute Gasteiger partial charge is 0.361 e. The molecule has 0 saturated heterocycles. The van der Waals surface area contributed by atoms with E-state index in [2.05, 4.69) is 16.3 Å². The van der Waals surface area contributed by atoms with E-state index in [4.69, 9.17) is 0 Å². The van der Waals surface area contributed by atoms with E-state index in [0.717, 1.165) is 36.0 Å². The van der Waals surface area contributed by atoms with E-state index in [0.29, 0.717) is 28.5 Å². The van der Waals surface area contributed by atoms with Gasteiger partial charge < -0.3 is 4.90 Å². The molecule has 1 aliphatic heterocycles. The lowest BCUT2D eigenvalue weighted by Crippen LogP contribution is -2.31. The first-order valence-corrected chi connectivity index (χ1v) is 9.76.